The van der Waals surface area contributed by atoms with Crippen molar-refractivity contribution in [2.75, 3.05) is 6.54 Å². The van der Waals surface area contributed by atoms with Gasteiger partial charge < -0.3 is 5.73 Å². The maximum Gasteiger partial charge on any atom is 0.0708 e. The van der Waals surface area contributed by atoms with Gasteiger partial charge in [-0.3, -0.25) is 4.98 Å². The fraction of sp³-hybridized carbons (Fsp3) is 0.357. The Labute approximate surface area is 95.5 Å². The lowest BCUT2D eigenvalue weighted by Gasteiger charge is -2.08. The highest BCUT2D eigenvalue weighted by Gasteiger charge is 2.25. The summed E-state index contributed by atoms with van der Waals surface area (Å²) in [6.45, 7) is 0.706. The Kier molecular flexibility index (Phi) is 2.37. The second-order valence-electron chi connectivity index (χ2n) is 4.54. The van der Waals surface area contributed by atoms with Crippen LogP contribution in [-0.4, -0.2) is 11.5 Å². The Morgan fingerprint density at radius 3 is 2.81 bits per heavy atom. The first kappa shape index (κ1) is 9.79. The van der Waals surface area contributed by atoms with Gasteiger partial charge in [0.2, 0.25) is 0 Å². The summed E-state index contributed by atoms with van der Waals surface area (Å²) in [4.78, 5) is 4.74. The molecule has 0 atom stereocenters. The van der Waals surface area contributed by atoms with E-state index < -0.39 is 0 Å². The normalized spacial score (nSPS) is 15.6. The van der Waals surface area contributed by atoms with Crippen LogP contribution in [0.4, 0.5) is 0 Å². The summed E-state index contributed by atoms with van der Waals surface area (Å²) in [5, 5.41) is 1.26. The van der Waals surface area contributed by atoms with E-state index in [0.717, 1.165) is 11.9 Å². The van der Waals surface area contributed by atoms with Crippen molar-refractivity contribution in [2.24, 2.45) is 5.73 Å². The highest BCUT2D eigenvalue weighted by molar-refractivity contribution is 5.82. The molecule has 1 aromatic carbocycles. The minimum absolute atomic E-state index is 0.706. The van der Waals surface area contributed by atoms with Crippen LogP contribution in [0.5, 0.6) is 0 Å². The molecule has 0 unspecified atom stereocenters. The summed E-state index contributed by atoms with van der Waals surface area (Å²) in [6, 6.07) is 10.6. The Bertz CT molecular complexity index is 515. The number of nitrogens with zero attached hydrogens (tertiary/aromatic N) is 1. The number of hydrogen-bond acceptors (Lipinski definition) is 2. The number of para-hydroxylation sites is 1. The third-order valence-electron chi connectivity index (χ3n) is 3.23. The zero-order chi connectivity index (χ0) is 11.0. The van der Waals surface area contributed by atoms with Gasteiger partial charge in [0.05, 0.1) is 5.52 Å². The number of pyridine rings is 1. The molecular weight excluding hydrogens is 196 g/mol. The van der Waals surface area contributed by atoms with Gasteiger partial charge >= 0.3 is 0 Å². The number of benzene rings is 1. The second kappa shape index (κ2) is 3.87. The first-order valence-corrected chi connectivity index (χ1v) is 5.97. The number of rotatable bonds is 3. The van der Waals surface area contributed by atoms with Crippen LogP contribution in [0.25, 0.3) is 10.9 Å². The van der Waals surface area contributed by atoms with Gasteiger partial charge in [-0.15, -0.1) is 0 Å². The molecule has 16 heavy (non-hydrogen) atoms. The van der Waals surface area contributed by atoms with Gasteiger partial charge in [-0.2, -0.15) is 0 Å². The number of fused-ring (bicyclic) bond motifs is 1. The fourth-order valence-corrected chi connectivity index (χ4v) is 2.22. The molecule has 82 valence electrons. The van der Waals surface area contributed by atoms with Crippen LogP contribution < -0.4 is 5.73 Å². The lowest BCUT2D eigenvalue weighted by atomic mass is 10.0. The molecule has 0 spiro atoms. The predicted octanol–water partition coefficient (Wildman–Crippen LogP) is 2.61. The van der Waals surface area contributed by atoms with Gasteiger partial charge in [0.1, 0.15) is 0 Å². The molecule has 0 aliphatic heterocycles. The fourth-order valence-electron chi connectivity index (χ4n) is 2.22. The maximum atomic E-state index is 5.67. The van der Waals surface area contributed by atoms with Crippen LogP contribution in [0, 0.1) is 0 Å². The molecule has 1 aliphatic carbocycles. The van der Waals surface area contributed by atoms with E-state index in [9.17, 15) is 0 Å². The van der Waals surface area contributed by atoms with E-state index in [1.54, 1.807) is 0 Å². The topological polar surface area (TPSA) is 38.9 Å². The molecule has 1 heterocycles. The van der Waals surface area contributed by atoms with E-state index in [1.807, 2.05) is 0 Å². The van der Waals surface area contributed by atoms with Gasteiger partial charge in [0, 0.05) is 17.0 Å². The van der Waals surface area contributed by atoms with Gasteiger partial charge in [0.15, 0.2) is 0 Å². The molecule has 0 bridgehead atoms. The molecule has 0 radical (unpaired) electrons. The summed E-state index contributed by atoms with van der Waals surface area (Å²) < 4.78 is 0. The van der Waals surface area contributed by atoms with E-state index in [0.29, 0.717) is 12.5 Å². The molecule has 2 aromatic rings. The highest BCUT2D eigenvalue weighted by Crippen LogP contribution is 2.40. The molecule has 1 aliphatic rings. The van der Waals surface area contributed by atoms with Crippen molar-refractivity contribution >= 4 is 10.9 Å². The first-order valence-electron chi connectivity index (χ1n) is 5.97. The van der Waals surface area contributed by atoms with E-state index in [-0.39, 0.29) is 0 Å². The average molecular weight is 212 g/mol. The molecule has 2 N–H and O–H groups in total. The number of hydrogen-bond donors (Lipinski definition) is 1. The SMILES string of the molecule is NCCc1cc(C2CC2)nc2ccccc12. The molecule has 3 rings (SSSR count). The van der Waals surface area contributed by atoms with Crippen molar-refractivity contribution in [1.29, 1.82) is 0 Å². The first-order chi connectivity index (χ1) is 7.88. The van der Waals surface area contributed by atoms with Crippen LogP contribution in [-0.2, 0) is 6.42 Å². The lowest BCUT2D eigenvalue weighted by molar-refractivity contribution is 0.957. The highest BCUT2D eigenvalue weighted by atomic mass is 14.7. The second-order valence-corrected chi connectivity index (χ2v) is 4.54. The van der Waals surface area contributed by atoms with Gasteiger partial charge in [-0.1, -0.05) is 18.2 Å². The van der Waals surface area contributed by atoms with Crippen LogP contribution in [0.1, 0.15) is 30.0 Å². The Balaban J connectivity index is 2.18. The van der Waals surface area contributed by atoms with E-state index in [1.165, 1.54) is 29.5 Å². The average Bonchev–Trinajstić information content (AvgIpc) is 3.13. The van der Waals surface area contributed by atoms with Gasteiger partial charge in [-0.05, 0) is 43.5 Å². The largest absolute Gasteiger partial charge is 0.330 e. The quantitative estimate of drug-likeness (QED) is 0.849. The molecule has 0 saturated heterocycles. The Morgan fingerprint density at radius 1 is 1.25 bits per heavy atom. The predicted molar refractivity (Wildman–Crippen MR) is 66.5 cm³/mol. The zero-order valence-corrected chi connectivity index (χ0v) is 9.32. The third kappa shape index (κ3) is 1.69. The van der Waals surface area contributed by atoms with E-state index in [4.69, 9.17) is 10.7 Å². The molecule has 2 nitrogen and oxygen atoms in total. The minimum atomic E-state index is 0.706. The Morgan fingerprint density at radius 2 is 2.06 bits per heavy atom. The van der Waals surface area contributed by atoms with Crippen molar-refractivity contribution in [3.05, 3.63) is 41.6 Å². The summed E-state index contributed by atoms with van der Waals surface area (Å²) >= 11 is 0. The molecule has 0 amide bonds. The van der Waals surface area contributed by atoms with Crippen molar-refractivity contribution in [3.63, 3.8) is 0 Å². The van der Waals surface area contributed by atoms with Gasteiger partial charge in [-0.25, -0.2) is 0 Å². The third-order valence-corrected chi connectivity index (χ3v) is 3.23. The lowest BCUT2D eigenvalue weighted by Crippen LogP contribution is -2.04. The summed E-state index contributed by atoms with van der Waals surface area (Å²) in [6.07, 6.45) is 3.55. The maximum absolute atomic E-state index is 5.67. The minimum Gasteiger partial charge on any atom is -0.330 e. The van der Waals surface area contributed by atoms with Crippen LogP contribution in [0.15, 0.2) is 30.3 Å². The summed E-state index contributed by atoms with van der Waals surface area (Å²) in [5.74, 6) is 0.709. The molecule has 1 fully saturated rings. The molecule has 1 aromatic heterocycles. The molecule has 2 heteroatoms. The van der Waals surface area contributed by atoms with Crippen molar-refractivity contribution in [2.45, 2.75) is 25.2 Å². The van der Waals surface area contributed by atoms with Crippen LogP contribution in [0.2, 0.25) is 0 Å². The standard InChI is InChI=1S/C14H16N2/c15-8-7-11-9-14(10-5-6-10)16-13-4-2-1-3-12(11)13/h1-4,9-10H,5-8,15H2. The van der Waals surface area contributed by atoms with E-state index in [2.05, 4.69) is 30.3 Å². The van der Waals surface area contributed by atoms with Crippen LogP contribution >= 0.6 is 0 Å². The van der Waals surface area contributed by atoms with Crippen LogP contribution in [0.3, 0.4) is 0 Å². The Hall–Kier alpha value is -1.41. The molecular formula is C14H16N2. The monoisotopic (exact) mass is 212 g/mol. The summed E-state index contributed by atoms with van der Waals surface area (Å²) in [7, 11) is 0. The zero-order valence-electron chi connectivity index (χ0n) is 9.32. The van der Waals surface area contributed by atoms with Crippen molar-refractivity contribution in [1.82, 2.24) is 4.98 Å². The van der Waals surface area contributed by atoms with Crippen molar-refractivity contribution in [3.8, 4) is 0 Å². The summed E-state index contributed by atoms with van der Waals surface area (Å²) in [5.41, 5.74) is 9.42. The smallest absolute Gasteiger partial charge is 0.0708 e. The van der Waals surface area contributed by atoms with Crippen molar-refractivity contribution < 1.29 is 0 Å². The number of aromatic nitrogens is 1. The van der Waals surface area contributed by atoms with E-state index >= 15 is 0 Å². The van der Waals surface area contributed by atoms with Gasteiger partial charge in [0.25, 0.3) is 0 Å². The number of nitrogens with two attached hydrogens (primary N) is 1. The molecule has 1 saturated carbocycles.